The molecule has 0 fully saturated rings. The monoisotopic (exact) mass is 328 g/mol. The van der Waals surface area contributed by atoms with Crippen LogP contribution in [0.2, 0.25) is 0 Å². The third kappa shape index (κ3) is 3.59. The molecular weight excluding hydrogens is 304 g/mol. The zero-order valence-electron chi connectivity index (χ0n) is 13.9. The van der Waals surface area contributed by atoms with E-state index in [2.05, 4.69) is 23.4 Å². The fourth-order valence-electron chi connectivity index (χ4n) is 3.25. The molecule has 2 aromatic rings. The van der Waals surface area contributed by atoms with Crippen molar-refractivity contribution in [1.29, 1.82) is 0 Å². The van der Waals surface area contributed by atoms with Gasteiger partial charge >= 0.3 is 6.03 Å². The van der Waals surface area contributed by atoms with Crippen molar-refractivity contribution in [1.82, 2.24) is 20.0 Å². The lowest BCUT2D eigenvalue weighted by Gasteiger charge is -2.36. The summed E-state index contributed by atoms with van der Waals surface area (Å²) >= 11 is 0. The quantitative estimate of drug-likeness (QED) is 0.879. The smallest absolute Gasteiger partial charge is 0.318 e. The number of hydrogen-bond donors (Lipinski definition) is 2. The van der Waals surface area contributed by atoms with Crippen LogP contribution in [0.25, 0.3) is 0 Å². The number of aliphatic hydroxyl groups is 1. The van der Waals surface area contributed by atoms with Gasteiger partial charge in [-0.15, -0.1) is 0 Å². The zero-order valence-corrected chi connectivity index (χ0v) is 13.9. The number of aliphatic hydroxyl groups excluding tert-OH is 1. The first kappa shape index (κ1) is 16.5. The molecule has 2 heterocycles. The molecule has 1 aliphatic rings. The Balaban J connectivity index is 1.58. The van der Waals surface area contributed by atoms with Crippen LogP contribution < -0.4 is 5.32 Å². The second kappa shape index (κ2) is 7.49. The number of nitrogens with zero attached hydrogens (tertiary/aromatic N) is 3. The number of rotatable bonds is 5. The summed E-state index contributed by atoms with van der Waals surface area (Å²) < 4.78 is 1.87. The summed E-state index contributed by atoms with van der Waals surface area (Å²) in [4.78, 5) is 14.3. The van der Waals surface area contributed by atoms with E-state index in [0.29, 0.717) is 13.1 Å². The maximum Gasteiger partial charge on any atom is 0.318 e. The molecule has 1 aliphatic heterocycles. The Labute approximate surface area is 142 Å². The Morgan fingerprint density at radius 1 is 1.42 bits per heavy atom. The van der Waals surface area contributed by atoms with Crippen molar-refractivity contribution in [2.24, 2.45) is 5.92 Å². The van der Waals surface area contributed by atoms with Crippen molar-refractivity contribution in [2.75, 3.05) is 19.7 Å². The lowest BCUT2D eigenvalue weighted by molar-refractivity contribution is 0.126. The van der Waals surface area contributed by atoms with Gasteiger partial charge in [0.15, 0.2) is 0 Å². The van der Waals surface area contributed by atoms with E-state index in [9.17, 15) is 9.90 Å². The molecule has 0 bridgehead atoms. The average Bonchev–Trinajstić information content (AvgIpc) is 3.11. The maximum atomic E-state index is 12.6. The number of urea groups is 1. The van der Waals surface area contributed by atoms with Crippen molar-refractivity contribution < 1.29 is 9.90 Å². The van der Waals surface area contributed by atoms with Crippen LogP contribution >= 0.6 is 0 Å². The fraction of sp³-hybridized carbons (Fsp3) is 0.444. The molecular formula is C18H24N4O2. The van der Waals surface area contributed by atoms with Crippen LogP contribution in [0.1, 0.15) is 24.1 Å². The molecule has 0 saturated heterocycles. The van der Waals surface area contributed by atoms with E-state index < -0.39 is 0 Å². The molecule has 2 amide bonds. The molecule has 2 atom stereocenters. The van der Waals surface area contributed by atoms with Gasteiger partial charge < -0.3 is 15.3 Å². The number of carbonyl (C=O) groups is 1. The van der Waals surface area contributed by atoms with Crippen LogP contribution in [0, 0.1) is 5.92 Å². The average molecular weight is 328 g/mol. The third-order valence-electron chi connectivity index (χ3n) is 4.51. The maximum absolute atomic E-state index is 12.6. The van der Waals surface area contributed by atoms with Gasteiger partial charge in [-0.25, -0.2) is 4.79 Å². The van der Waals surface area contributed by atoms with Crippen LogP contribution in [0.4, 0.5) is 4.79 Å². The van der Waals surface area contributed by atoms with Crippen LogP contribution in [-0.2, 0) is 13.0 Å². The summed E-state index contributed by atoms with van der Waals surface area (Å²) in [5, 5.41) is 17.0. The minimum absolute atomic E-state index is 0.0622. The molecule has 1 aromatic carbocycles. The lowest BCUT2D eigenvalue weighted by atomic mass is 9.93. The SMILES string of the molecule is C[C@H](CNC(=O)N1CCc2ccccc2[C@H]1CO)Cn1cccn1. The van der Waals surface area contributed by atoms with E-state index in [1.807, 2.05) is 35.1 Å². The Bertz CT molecular complexity index is 671. The summed E-state index contributed by atoms with van der Waals surface area (Å²) in [7, 11) is 0. The molecule has 0 aliphatic carbocycles. The van der Waals surface area contributed by atoms with Crippen molar-refractivity contribution in [2.45, 2.75) is 25.9 Å². The van der Waals surface area contributed by atoms with Crippen molar-refractivity contribution >= 4 is 6.03 Å². The molecule has 6 heteroatoms. The Morgan fingerprint density at radius 2 is 2.25 bits per heavy atom. The molecule has 128 valence electrons. The van der Waals surface area contributed by atoms with Crippen LogP contribution in [0.5, 0.6) is 0 Å². The van der Waals surface area contributed by atoms with Gasteiger partial charge in [0.2, 0.25) is 0 Å². The topological polar surface area (TPSA) is 70.4 Å². The highest BCUT2D eigenvalue weighted by molar-refractivity contribution is 5.75. The van der Waals surface area contributed by atoms with E-state index in [4.69, 9.17) is 0 Å². The van der Waals surface area contributed by atoms with E-state index in [-0.39, 0.29) is 24.6 Å². The summed E-state index contributed by atoms with van der Waals surface area (Å²) in [6.07, 6.45) is 4.49. The summed E-state index contributed by atoms with van der Waals surface area (Å²) in [6.45, 7) is 3.99. The summed E-state index contributed by atoms with van der Waals surface area (Å²) in [5.74, 6) is 0.276. The number of aromatic nitrogens is 2. The molecule has 0 unspecified atom stereocenters. The van der Waals surface area contributed by atoms with Crippen LogP contribution in [0.15, 0.2) is 42.7 Å². The number of carbonyl (C=O) groups excluding carboxylic acids is 1. The van der Waals surface area contributed by atoms with E-state index in [0.717, 1.165) is 18.5 Å². The van der Waals surface area contributed by atoms with Gasteiger partial charge in [-0.2, -0.15) is 5.10 Å². The second-order valence-corrected chi connectivity index (χ2v) is 6.36. The molecule has 24 heavy (non-hydrogen) atoms. The Morgan fingerprint density at radius 3 is 3.00 bits per heavy atom. The molecule has 3 rings (SSSR count). The predicted molar refractivity (Wildman–Crippen MR) is 91.5 cm³/mol. The highest BCUT2D eigenvalue weighted by Crippen LogP contribution is 2.29. The van der Waals surface area contributed by atoms with Crippen LogP contribution in [0.3, 0.4) is 0 Å². The zero-order chi connectivity index (χ0) is 16.9. The molecule has 0 radical (unpaired) electrons. The van der Waals surface area contributed by atoms with Crippen molar-refractivity contribution in [3.8, 4) is 0 Å². The van der Waals surface area contributed by atoms with E-state index >= 15 is 0 Å². The van der Waals surface area contributed by atoms with Gasteiger partial charge in [0.05, 0.1) is 12.6 Å². The van der Waals surface area contributed by atoms with Gasteiger partial charge in [-0.05, 0) is 29.5 Å². The summed E-state index contributed by atoms with van der Waals surface area (Å²) in [6, 6.07) is 9.53. The first-order valence-electron chi connectivity index (χ1n) is 8.39. The minimum atomic E-state index is -0.267. The van der Waals surface area contributed by atoms with Crippen molar-refractivity contribution in [3.05, 3.63) is 53.9 Å². The molecule has 1 aromatic heterocycles. The van der Waals surface area contributed by atoms with Gasteiger partial charge in [0.25, 0.3) is 0 Å². The van der Waals surface area contributed by atoms with Crippen LogP contribution in [-0.4, -0.2) is 45.5 Å². The normalized spacial score (nSPS) is 18.1. The first-order valence-corrected chi connectivity index (χ1v) is 8.39. The van der Waals surface area contributed by atoms with E-state index in [1.54, 1.807) is 11.1 Å². The predicted octanol–water partition coefficient (Wildman–Crippen LogP) is 1.82. The largest absolute Gasteiger partial charge is 0.394 e. The van der Waals surface area contributed by atoms with Crippen molar-refractivity contribution in [3.63, 3.8) is 0 Å². The van der Waals surface area contributed by atoms with Gasteiger partial charge in [-0.3, -0.25) is 4.68 Å². The van der Waals surface area contributed by atoms with Gasteiger partial charge in [0.1, 0.15) is 0 Å². The number of fused-ring (bicyclic) bond motifs is 1. The van der Waals surface area contributed by atoms with Gasteiger partial charge in [0, 0.05) is 32.0 Å². The standard InChI is InChI=1S/C18H24N4O2/c1-14(12-21-9-4-8-20-21)11-19-18(24)22-10-7-15-5-2-3-6-16(15)17(22)13-23/h2-6,8-9,14,17,23H,7,10-13H2,1H3,(H,19,24)/t14-,17-/m1/s1. The number of hydrogen-bond acceptors (Lipinski definition) is 3. The van der Waals surface area contributed by atoms with E-state index in [1.165, 1.54) is 5.56 Å². The third-order valence-corrected chi connectivity index (χ3v) is 4.51. The summed E-state index contributed by atoms with van der Waals surface area (Å²) in [5.41, 5.74) is 2.26. The number of benzene rings is 1. The highest BCUT2D eigenvalue weighted by Gasteiger charge is 2.30. The lowest BCUT2D eigenvalue weighted by Crippen LogP contribution is -2.47. The number of amides is 2. The first-order chi connectivity index (χ1) is 11.7. The molecule has 0 saturated carbocycles. The molecule has 0 spiro atoms. The second-order valence-electron chi connectivity index (χ2n) is 6.36. The minimum Gasteiger partial charge on any atom is -0.394 e. The Hall–Kier alpha value is -2.34. The molecule has 2 N–H and O–H groups in total. The van der Waals surface area contributed by atoms with Gasteiger partial charge in [-0.1, -0.05) is 31.2 Å². The Kier molecular flexibility index (Phi) is 5.15. The molecule has 6 nitrogen and oxygen atoms in total. The fourth-order valence-corrected chi connectivity index (χ4v) is 3.25. The highest BCUT2D eigenvalue weighted by atomic mass is 16.3. The number of nitrogens with one attached hydrogen (secondary N) is 1.